The average molecular weight is 482 g/mol. The zero-order valence-corrected chi connectivity index (χ0v) is 20.7. The number of nitrogens with zero attached hydrogens (tertiary/aromatic N) is 7. The maximum atomic E-state index is 6.20. The van der Waals surface area contributed by atoms with Crippen molar-refractivity contribution >= 4 is 38.3 Å². The number of piperazine rings is 1. The lowest BCUT2D eigenvalue weighted by Crippen LogP contribution is -2.48. The van der Waals surface area contributed by atoms with Crippen LogP contribution in [0.3, 0.4) is 0 Å². The van der Waals surface area contributed by atoms with E-state index in [1.54, 1.807) is 11.3 Å². The van der Waals surface area contributed by atoms with E-state index in [1.807, 2.05) is 22.9 Å². The Bertz CT molecular complexity index is 1190. The molecule has 7 nitrogen and oxygen atoms in total. The fourth-order valence-corrected chi connectivity index (χ4v) is 5.42. The summed E-state index contributed by atoms with van der Waals surface area (Å²) >= 11 is 7.97. The van der Waals surface area contributed by atoms with Crippen molar-refractivity contribution in [2.24, 2.45) is 0 Å². The van der Waals surface area contributed by atoms with Gasteiger partial charge in [-0.05, 0) is 60.5 Å². The van der Waals surface area contributed by atoms with Crippen LogP contribution in [0.4, 0.5) is 5.13 Å². The summed E-state index contributed by atoms with van der Waals surface area (Å²) in [6.45, 7) is 10.1. The summed E-state index contributed by atoms with van der Waals surface area (Å²) in [7, 11) is 0. The lowest BCUT2D eigenvalue weighted by molar-refractivity contribution is 0.187. The largest absolute Gasteiger partial charge is 0.345 e. The van der Waals surface area contributed by atoms with Crippen LogP contribution in [0, 0.1) is 0 Å². The van der Waals surface area contributed by atoms with E-state index in [9.17, 15) is 0 Å². The molecule has 1 fully saturated rings. The van der Waals surface area contributed by atoms with Gasteiger partial charge in [-0.1, -0.05) is 54.1 Å². The lowest BCUT2D eigenvalue weighted by Gasteiger charge is -2.39. The molecule has 2 aromatic carbocycles. The first-order chi connectivity index (χ1) is 16.0. The molecular formula is C24H28ClN7S. The highest BCUT2D eigenvalue weighted by Gasteiger charge is 2.34. The standard InChI is InChI=1S/C24H28ClN7S/c1-4-24(2,3)32-22(27-28-29-32)21(17-9-11-18(25)12-10-17)30-13-15-31(16-14-30)23-26-19-7-5-6-8-20(19)33-23/h5-12,21H,4,13-16H2,1-3H3/t21-/m1/s1. The fraction of sp³-hybridized carbons (Fsp3) is 0.417. The smallest absolute Gasteiger partial charge is 0.186 e. The Morgan fingerprint density at radius 2 is 1.76 bits per heavy atom. The Hall–Kier alpha value is -2.55. The van der Waals surface area contributed by atoms with Gasteiger partial charge in [0.2, 0.25) is 0 Å². The van der Waals surface area contributed by atoms with Gasteiger partial charge in [-0.15, -0.1) is 5.10 Å². The second-order valence-electron chi connectivity index (χ2n) is 9.06. The molecule has 1 saturated heterocycles. The fourth-order valence-electron chi connectivity index (χ4n) is 4.28. The monoisotopic (exact) mass is 481 g/mol. The van der Waals surface area contributed by atoms with E-state index in [0.717, 1.165) is 59.7 Å². The van der Waals surface area contributed by atoms with Crippen molar-refractivity contribution in [3.05, 3.63) is 64.9 Å². The summed E-state index contributed by atoms with van der Waals surface area (Å²) in [4.78, 5) is 9.72. The van der Waals surface area contributed by atoms with Crippen molar-refractivity contribution in [2.75, 3.05) is 31.1 Å². The predicted molar refractivity (Wildman–Crippen MR) is 134 cm³/mol. The van der Waals surface area contributed by atoms with Crippen LogP contribution >= 0.6 is 22.9 Å². The molecule has 9 heteroatoms. The van der Waals surface area contributed by atoms with E-state index in [1.165, 1.54) is 4.70 Å². The van der Waals surface area contributed by atoms with Crippen LogP contribution in [0.1, 0.15) is 44.6 Å². The second-order valence-corrected chi connectivity index (χ2v) is 10.5. The minimum atomic E-state index is -0.174. The molecule has 33 heavy (non-hydrogen) atoms. The third-order valence-corrected chi connectivity index (χ3v) is 7.94. The Morgan fingerprint density at radius 1 is 1.03 bits per heavy atom. The van der Waals surface area contributed by atoms with E-state index in [-0.39, 0.29) is 11.6 Å². The van der Waals surface area contributed by atoms with Crippen molar-refractivity contribution in [1.82, 2.24) is 30.1 Å². The average Bonchev–Trinajstić information content (AvgIpc) is 3.49. The molecule has 4 aromatic rings. The highest BCUT2D eigenvalue weighted by Crippen LogP contribution is 2.34. The highest BCUT2D eigenvalue weighted by molar-refractivity contribution is 7.22. The molecule has 2 aromatic heterocycles. The molecule has 0 aliphatic carbocycles. The molecule has 5 rings (SSSR count). The zero-order chi connectivity index (χ0) is 23.0. The van der Waals surface area contributed by atoms with Crippen LogP contribution < -0.4 is 4.90 Å². The molecule has 0 bridgehead atoms. The van der Waals surface area contributed by atoms with Crippen LogP contribution in [-0.2, 0) is 5.54 Å². The summed E-state index contributed by atoms with van der Waals surface area (Å²) in [6, 6.07) is 16.4. The summed E-state index contributed by atoms with van der Waals surface area (Å²) in [5.41, 5.74) is 2.04. The number of thiazole rings is 1. The molecule has 1 atom stereocenters. The van der Waals surface area contributed by atoms with Gasteiger partial charge in [-0.2, -0.15) is 0 Å². The molecule has 0 spiro atoms. The van der Waals surface area contributed by atoms with Gasteiger partial charge in [0.05, 0.1) is 21.8 Å². The minimum absolute atomic E-state index is 0.0411. The van der Waals surface area contributed by atoms with Gasteiger partial charge in [0.1, 0.15) is 0 Å². The molecule has 0 N–H and O–H groups in total. The minimum Gasteiger partial charge on any atom is -0.345 e. The van der Waals surface area contributed by atoms with E-state index in [2.05, 4.69) is 76.4 Å². The number of aromatic nitrogens is 5. The first-order valence-corrected chi connectivity index (χ1v) is 12.5. The number of hydrogen-bond donors (Lipinski definition) is 0. The lowest BCUT2D eigenvalue weighted by atomic mass is 9.99. The number of benzene rings is 2. The number of rotatable bonds is 6. The van der Waals surface area contributed by atoms with Gasteiger partial charge in [-0.3, -0.25) is 4.90 Å². The normalized spacial score (nSPS) is 16.4. The Kier molecular flexibility index (Phi) is 6.07. The maximum absolute atomic E-state index is 6.20. The van der Waals surface area contributed by atoms with Gasteiger partial charge < -0.3 is 4.90 Å². The van der Waals surface area contributed by atoms with Crippen LogP contribution in [0.15, 0.2) is 48.5 Å². The molecule has 0 saturated carbocycles. The van der Waals surface area contributed by atoms with Gasteiger partial charge in [0.15, 0.2) is 11.0 Å². The predicted octanol–water partition coefficient (Wildman–Crippen LogP) is 4.99. The van der Waals surface area contributed by atoms with Crippen LogP contribution in [0.2, 0.25) is 5.02 Å². The van der Waals surface area contributed by atoms with E-state index < -0.39 is 0 Å². The number of para-hydroxylation sites is 1. The van der Waals surface area contributed by atoms with Gasteiger partial charge in [0, 0.05) is 31.2 Å². The summed E-state index contributed by atoms with van der Waals surface area (Å²) < 4.78 is 3.22. The molecule has 3 heterocycles. The molecule has 0 radical (unpaired) electrons. The second kappa shape index (κ2) is 9.00. The first kappa shape index (κ1) is 22.3. The third kappa shape index (κ3) is 4.35. The number of fused-ring (bicyclic) bond motifs is 1. The summed E-state index contributed by atoms with van der Waals surface area (Å²) in [5.74, 6) is 0.873. The van der Waals surface area contributed by atoms with E-state index in [0.29, 0.717) is 0 Å². The zero-order valence-electron chi connectivity index (χ0n) is 19.1. The maximum Gasteiger partial charge on any atom is 0.186 e. The van der Waals surface area contributed by atoms with E-state index >= 15 is 0 Å². The SMILES string of the molecule is CCC(C)(C)n1nnnc1[C@@H](c1ccc(Cl)cc1)N1CCN(c2nc3ccccc3s2)CC1. The Balaban J connectivity index is 1.43. The van der Waals surface area contributed by atoms with Crippen molar-refractivity contribution in [3.8, 4) is 0 Å². The van der Waals surface area contributed by atoms with Crippen molar-refractivity contribution in [2.45, 2.75) is 38.8 Å². The molecule has 1 aliphatic heterocycles. The van der Waals surface area contributed by atoms with Crippen molar-refractivity contribution < 1.29 is 0 Å². The number of hydrogen-bond acceptors (Lipinski definition) is 7. The Labute approximate surface area is 203 Å². The van der Waals surface area contributed by atoms with E-state index in [4.69, 9.17) is 16.6 Å². The van der Waals surface area contributed by atoms with Crippen molar-refractivity contribution in [3.63, 3.8) is 0 Å². The first-order valence-electron chi connectivity index (χ1n) is 11.3. The number of halogens is 1. The third-order valence-electron chi connectivity index (χ3n) is 6.60. The molecular weight excluding hydrogens is 454 g/mol. The molecule has 0 amide bonds. The Morgan fingerprint density at radius 3 is 2.45 bits per heavy atom. The molecule has 1 aliphatic rings. The molecule has 0 unspecified atom stereocenters. The van der Waals surface area contributed by atoms with Crippen LogP contribution in [-0.4, -0.2) is 56.3 Å². The quantitative estimate of drug-likeness (QED) is 0.386. The van der Waals surface area contributed by atoms with Crippen molar-refractivity contribution in [1.29, 1.82) is 0 Å². The van der Waals surface area contributed by atoms with Crippen LogP contribution in [0.5, 0.6) is 0 Å². The number of anilines is 1. The van der Waals surface area contributed by atoms with Gasteiger partial charge >= 0.3 is 0 Å². The van der Waals surface area contributed by atoms with Crippen LogP contribution in [0.25, 0.3) is 10.2 Å². The summed E-state index contributed by atoms with van der Waals surface area (Å²) in [6.07, 6.45) is 0.934. The highest BCUT2D eigenvalue weighted by atomic mass is 35.5. The molecule has 172 valence electrons. The topological polar surface area (TPSA) is 63.0 Å². The van der Waals surface area contributed by atoms with Gasteiger partial charge in [-0.25, -0.2) is 9.67 Å². The van der Waals surface area contributed by atoms with Gasteiger partial charge in [0.25, 0.3) is 0 Å². The number of tetrazole rings is 1. The summed E-state index contributed by atoms with van der Waals surface area (Å²) in [5, 5.41) is 14.8.